The van der Waals surface area contributed by atoms with Crippen LogP contribution in [-0.4, -0.2) is 4.92 Å². The first kappa shape index (κ1) is 16.0. The maximum absolute atomic E-state index is 10.8. The van der Waals surface area contributed by atoms with Crippen molar-refractivity contribution in [1.82, 2.24) is 0 Å². The average Bonchev–Trinajstić information content (AvgIpc) is 2.62. The Morgan fingerprint density at radius 1 is 0.833 bits per heavy atom. The highest BCUT2D eigenvalue weighted by molar-refractivity contribution is 6.30. The van der Waals surface area contributed by atoms with Crippen molar-refractivity contribution < 1.29 is 9.66 Å². The number of hydrogen-bond acceptors (Lipinski definition) is 3. The summed E-state index contributed by atoms with van der Waals surface area (Å²) in [5.41, 5.74) is 1.97. The molecule has 0 unspecified atom stereocenters. The zero-order chi connectivity index (χ0) is 16.9. The van der Waals surface area contributed by atoms with Crippen LogP contribution < -0.4 is 4.74 Å². The molecule has 4 nitrogen and oxygen atoms in total. The maximum Gasteiger partial charge on any atom is 0.269 e. The van der Waals surface area contributed by atoms with Gasteiger partial charge in [-0.3, -0.25) is 10.1 Å². The smallest absolute Gasteiger partial charge is 0.269 e. The van der Waals surface area contributed by atoms with Crippen molar-refractivity contribution >= 4 is 17.3 Å². The van der Waals surface area contributed by atoms with E-state index in [-0.39, 0.29) is 11.8 Å². The molecule has 0 saturated heterocycles. The van der Waals surface area contributed by atoms with Crippen molar-refractivity contribution in [2.24, 2.45) is 0 Å². The van der Waals surface area contributed by atoms with Crippen LogP contribution in [0, 0.1) is 10.1 Å². The first-order chi connectivity index (χ1) is 11.6. The van der Waals surface area contributed by atoms with Crippen LogP contribution in [0.5, 0.6) is 5.75 Å². The molecule has 0 amide bonds. The molecule has 0 aliphatic rings. The van der Waals surface area contributed by atoms with Gasteiger partial charge in [0.25, 0.3) is 5.69 Å². The van der Waals surface area contributed by atoms with E-state index >= 15 is 0 Å². The molecule has 0 fully saturated rings. The topological polar surface area (TPSA) is 52.4 Å². The Hall–Kier alpha value is -2.85. The third kappa shape index (κ3) is 3.73. The molecule has 24 heavy (non-hydrogen) atoms. The van der Waals surface area contributed by atoms with Crippen molar-refractivity contribution in [1.29, 1.82) is 0 Å². The zero-order valence-corrected chi connectivity index (χ0v) is 13.4. The molecule has 120 valence electrons. The Bertz CT molecular complexity index is 817. The first-order valence-electron chi connectivity index (χ1n) is 7.35. The molecule has 0 aliphatic carbocycles. The van der Waals surface area contributed by atoms with Crippen molar-refractivity contribution in [2.75, 3.05) is 0 Å². The molecule has 0 bridgehead atoms. The van der Waals surface area contributed by atoms with Crippen LogP contribution in [0.1, 0.15) is 17.2 Å². The van der Waals surface area contributed by atoms with Gasteiger partial charge in [-0.15, -0.1) is 0 Å². The van der Waals surface area contributed by atoms with Crippen molar-refractivity contribution in [3.63, 3.8) is 0 Å². The Morgan fingerprint density at radius 2 is 1.42 bits per heavy atom. The lowest BCUT2D eigenvalue weighted by Crippen LogP contribution is -2.09. The van der Waals surface area contributed by atoms with E-state index in [9.17, 15) is 10.1 Å². The van der Waals surface area contributed by atoms with Gasteiger partial charge in [0.1, 0.15) is 11.9 Å². The molecule has 1 atom stereocenters. The Labute approximate surface area is 144 Å². The molecule has 0 aliphatic heterocycles. The van der Waals surface area contributed by atoms with E-state index in [1.54, 1.807) is 12.1 Å². The zero-order valence-electron chi connectivity index (χ0n) is 12.6. The second-order valence-corrected chi connectivity index (χ2v) is 5.65. The van der Waals surface area contributed by atoms with Gasteiger partial charge in [0.15, 0.2) is 0 Å². The number of ether oxygens (including phenoxy) is 1. The summed E-state index contributed by atoms with van der Waals surface area (Å²) in [7, 11) is 0. The number of halogens is 1. The van der Waals surface area contributed by atoms with Gasteiger partial charge < -0.3 is 4.74 Å². The largest absolute Gasteiger partial charge is 0.481 e. The highest BCUT2D eigenvalue weighted by atomic mass is 35.5. The highest BCUT2D eigenvalue weighted by Gasteiger charge is 2.16. The van der Waals surface area contributed by atoms with Crippen molar-refractivity contribution in [3.8, 4) is 5.75 Å². The molecular weight excluding hydrogens is 326 g/mol. The van der Waals surface area contributed by atoms with Gasteiger partial charge in [0, 0.05) is 17.2 Å². The van der Waals surface area contributed by atoms with Crippen LogP contribution in [0.4, 0.5) is 5.69 Å². The van der Waals surface area contributed by atoms with Gasteiger partial charge in [0.05, 0.1) is 4.92 Å². The minimum atomic E-state index is -0.433. The number of non-ortho nitro benzene ring substituents is 1. The Kier molecular flexibility index (Phi) is 4.77. The van der Waals surface area contributed by atoms with E-state index in [1.807, 2.05) is 54.6 Å². The van der Waals surface area contributed by atoms with Crippen LogP contribution in [0.3, 0.4) is 0 Å². The van der Waals surface area contributed by atoms with Crippen LogP contribution in [0.25, 0.3) is 0 Å². The van der Waals surface area contributed by atoms with E-state index in [2.05, 4.69) is 0 Å². The number of rotatable bonds is 5. The van der Waals surface area contributed by atoms with Crippen molar-refractivity contribution in [3.05, 3.63) is 105 Å². The summed E-state index contributed by atoms with van der Waals surface area (Å²) in [6.07, 6.45) is -0.329. The van der Waals surface area contributed by atoms with E-state index in [0.29, 0.717) is 10.8 Å². The highest BCUT2D eigenvalue weighted by Crippen LogP contribution is 2.30. The molecule has 3 rings (SSSR count). The molecule has 0 saturated carbocycles. The van der Waals surface area contributed by atoms with Crippen molar-refractivity contribution in [2.45, 2.75) is 6.10 Å². The van der Waals surface area contributed by atoms with Crippen LogP contribution in [0.15, 0.2) is 78.9 Å². The van der Waals surface area contributed by atoms with E-state index in [0.717, 1.165) is 11.1 Å². The summed E-state index contributed by atoms with van der Waals surface area (Å²) in [4.78, 5) is 10.3. The quantitative estimate of drug-likeness (QED) is 0.461. The fourth-order valence-corrected chi connectivity index (χ4v) is 2.50. The predicted octanol–water partition coefficient (Wildman–Crippen LogP) is 5.42. The summed E-state index contributed by atoms with van der Waals surface area (Å²) < 4.78 is 6.10. The third-order valence-electron chi connectivity index (χ3n) is 3.58. The summed E-state index contributed by atoms with van der Waals surface area (Å²) in [5, 5.41) is 11.4. The van der Waals surface area contributed by atoms with Gasteiger partial charge in [-0.05, 0) is 35.4 Å². The fraction of sp³-hybridized carbons (Fsp3) is 0.0526. The van der Waals surface area contributed by atoms with Gasteiger partial charge in [-0.1, -0.05) is 54.1 Å². The van der Waals surface area contributed by atoms with Gasteiger partial charge in [0.2, 0.25) is 0 Å². The molecule has 0 aromatic heterocycles. The molecule has 0 heterocycles. The Balaban J connectivity index is 1.93. The number of benzene rings is 3. The monoisotopic (exact) mass is 339 g/mol. The Morgan fingerprint density at radius 3 is 2.00 bits per heavy atom. The van der Waals surface area contributed by atoms with E-state index in [4.69, 9.17) is 16.3 Å². The molecule has 5 heteroatoms. The molecule has 3 aromatic rings. The summed E-state index contributed by atoms with van der Waals surface area (Å²) in [6.45, 7) is 0. The van der Waals surface area contributed by atoms with Crippen LogP contribution >= 0.6 is 11.6 Å². The summed E-state index contributed by atoms with van der Waals surface area (Å²) >= 11 is 5.96. The molecule has 0 radical (unpaired) electrons. The second kappa shape index (κ2) is 7.15. The molecule has 3 aromatic carbocycles. The number of hydrogen-bond donors (Lipinski definition) is 0. The lowest BCUT2D eigenvalue weighted by atomic mass is 10.0. The molecule has 0 spiro atoms. The summed E-state index contributed by atoms with van der Waals surface area (Å²) in [5.74, 6) is 0.560. The van der Waals surface area contributed by atoms with E-state index < -0.39 is 4.92 Å². The maximum atomic E-state index is 10.8. The third-order valence-corrected chi connectivity index (χ3v) is 3.83. The molecule has 0 N–H and O–H groups in total. The minimum absolute atomic E-state index is 0.0325. The summed E-state index contributed by atoms with van der Waals surface area (Å²) in [6, 6.07) is 23.3. The van der Waals surface area contributed by atoms with Crippen LogP contribution in [-0.2, 0) is 0 Å². The van der Waals surface area contributed by atoms with Crippen LogP contribution in [0.2, 0.25) is 5.02 Å². The lowest BCUT2D eigenvalue weighted by molar-refractivity contribution is -0.384. The molecular formula is C19H14ClNO3. The SMILES string of the molecule is O=[N+]([O-])c1ccc(O[C@H](c2ccccc2)c2ccc(Cl)cc2)cc1. The number of nitro benzene ring substituents is 1. The minimum Gasteiger partial charge on any atom is -0.481 e. The fourth-order valence-electron chi connectivity index (χ4n) is 2.38. The first-order valence-corrected chi connectivity index (χ1v) is 7.73. The van der Waals surface area contributed by atoms with Gasteiger partial charge >= 0.3 is 0 Å². The number of nitrogens with zero attached hydrogens (tertiary/aromatic N) is 1. The van der Waals surface area contributed by atoms with E-state index in [1.165, 1.54) is 12.1 Å². The average molecular weight is 340 g/mol. The van der Waals surface area contributed by atoms with Gasteiger partial charge in [-0.25, -0.2) is 0 Å². The standard InChI is InChI=1S/C19H14ClNO3/c20-16-8-6-15(7-9-16)19(14-4-2-1-3-5-14)24-18-12-10-17(11-13-18)21(22)23/h1-13,19H/t19-/m1/s1. The second-order valence-electron chi connectivity index (χ2n) is 5.21. The number of nitro groups is 1. The normalized spacial score (nSPS) is 11.7. The predicted molar refractivity (Wildman–Crippen MR) is 93.5 cm³/mol. The van der Waals surface area contributed by atoms with Gasteiger partial charge in [-0.2, -0.15) is 0 Å². The lowest BCUT2D eigenvalue weighted by Gasteiger charge is -2.20.